The van der Waals surface area contributed by atoms with Gasteiger partial charge in [-0.25, -0.2) is 4.98 Å². The summed E-state index contributed by atoms with van der Waals surface area (Å²) in [7, 11) is 1.83. The molecule has 3 rings (SSSR count). The Labute approximate surface area is 148 Å². The summed E-state index contributed by atoms with van der Waals surface area (Å²) in [5.74, 6) is 0.974. The zero-order valence-corrected chi connectivity index (χ0v) is 15.7. The molecular weight excluding hydrogens is 342 g/mol. The number of aryl methyl sites for hydroxylation is 3. The van der Waals surface area contributed by atoms with Gasteiger partial charge in [-0.05, 0) is 43.8 Å². The number of hydrogen-bond acceptors (Lipinski definition) is 6. The van der Waals surface area contributed by atoms with Crippen LogP contribution in [0.5, 0.6) is 0 Å². The van der Waals surface area contributed by atoms with E-state index in [2.05, 4.69) is 33.6 Å². The highest BCUT2D eigenvalue weighted by Gasteiger charge is 2.15. The minimum atomic E-state index is 0.0715. The summed E-state index contributed by atoms with van der Waals surface area (Å²) >= 11 is 3.07. The van der Waals surface area contributed by atoms with Crippen LogP contribution in [0.4, 0.5) is 0 Å². The maximum Gasteiger partial charge on any atom is 0.256 e. The summed E-state index contributed by atoms with van der Waals surface area (Å²) in [5.41, 5.74) is 3.15. The van der Waals surface area contributed by atoms with Crippen molar-refractivity contribution in [2.24, 2.45) is 0 Å². The van der Waals surface area contributed by atoms with E-state index in [0.29, 0.717) is 23.2 Å². The van der Waals surface area contributed by atoms with Crippen LogP contribution in [0.3, 0.4) is 0 Å². The molecule has 0 aliphatic heterocycles. The van der Waals surface area contributed by atoms with Gasteiger partial charge in [0.25, 0.3) is 5.78 Å². The predicted octanol–water partition coefficient (Wildman–Crippen LogP) is 2.86. The molecule has 0 saturated heterocycles. The number of thioether (sulfide) groups is 1. The first-order valence-corrected chi connectivity index (χ1v) is 9.41. The molecular formula is C16H19N5OS2. The third-order valence-corrected chi connectivity index (χ3v) is 5.68. The summed E-state index contributed by atoms with van der Waals surface area (Å²) in [6.07, 6.45) is 0. The summed E-state index contributed by atoms with van der Waals surface area (Å²) in [6.45, 7) is 6.63. The van der Waals surface area contributed by atoms with E-state index in [1.165, 1.54) is 22.2 Å². The summed E-state index contributed by atoms with van der Waals surface area (Å²) in [6, 6.07) is 4.06. The molecule has 0 aromatic carbocycles. The van der Waals surface area contributed by atoms with E-state index < -0.39 is 0 Å². The van der Waals surface area contributed by atoms with E-state index in [0.717, 1.165) is 11.4 Å². The maximum absolute atomic E-state index is 12.4. The number of aromatic nitrogens is 4. The molecule has 0 bridgehead atoms. The molecule has 3 aromatic rings. The van der Waals surface area contributed by atoms with Crippen molar-refractivity contribution in [2.75, 3.05) is 12.8 Å². The topological polar surface area (TPSA) is 63.4 Å². The van der Waals surface area contributed by atoms with Crippen LogP contribution < -0.4 is 0 Å². The molecule has 3 aromatic heterocycles. The van der Waals surface area contributed by atoms with Gasteiger partial charge in [0, 0.05) is 23.3 Å². The highest BCUT2D eigenvalue weighted by Crippen LogP contribution is 2.21. The molecule has 0 fully saturated rings. The number of carbonyl (C=O) groups excluding carboxylic acids is 1. The van der Waals surface area contributed by atoms with E-state index in [1.807, 2.05) is 31.4 Å². The van der Waals surface area contributed by atoms with Crippen LogP contribution in [0, 0.1) is 20.8 Å². The molecule has 0 atom stereocenters. The quantitative estimate of drug-likeness (QED) is 0.654. The largest absolute Gasteiger partial charge is 0.340 e. The van der Waals surface area contributed by atoms with Crippen LogP contribution >= 0.6 is 23.1 Å². The average Bonchev–Trinajstić information content (AvgIpc) is 3.11. The average molecular weight is 361 g/mol. The third kappa shape index (κ3) is 3.44. The van der Waals surface area contributed by atoms with Crippen LogP contribution in [0.15, 0.2) is 22.7 Å². The van der Waals surface area contributed by atoms with Crippen LogP contribution in [0.2, 0.25) is 0 Å². The van der Waals surface area contributed by atoms with E-state index in [-0.39, 0.29) is 5.91 Å². The number of nitrogens with zero attached hydrogens (tertiary/aromatic N) is 5. The molecule has 0 unspecified atom stereocenters. The Morgan fingerprint density at radius 2 is 2.12 bits per heavy atom. The van der Waals surface area contributed by atoms with Crippen LogP contribution in [0.25, 0.3) is 5.78 Å². The second kappa shape index (κ2) is 6.90. The van der Waals surface area contributed by atoms with Gasteiger partial charge in [0.05, 0.1) is 12.3 Å². The first-order valence-electron chi connectivity index (χ1n) is 7.55. The van der Waals surface area contributed by atoms with E-state index in [4.69, 9.17) is 0 Å². The fraction of sp³-hybridized carbons (Fsp3) is 0.375. The molecule has 8 heteroatoms. The SMILES string of the molecule is Cc1cc(C)n2c(SCC(=O)N(C)Cc3sccc3C)nnc2n1. The maximum atomic E-state index is 12.4. The Kier molecular flexibility index (Phi) is 4.86. The third-order valence-electron chi connectivity index (χ3n) is 3.76. The van der Waals surface area contributed by atoms with E-state index in [9.17, 15) is 4.79 Å². The van der Waals surface area contributed by atoms with Gasteiger partial charge in [-0.15, -0.1) is 21.5 Å². The Morgan fingerprint density at radius 1 is 1.33 bits per heavy atom. The Morgan fingerprint density at radius 3 is 2.83 bits per heavy atom. The second-order valence-corrected chi connectivity index (χ2v) is 7.67. The van der Waals surface area contributed by atoms with Crippen molar-refractivity contribution in [3.63, 3.8) is 0 Å². The van der Waals surface area contributed by atoms with Gasteiger partial charge in [-0.2, -0.15) is 0 Å². The van der Waals surface area contributed by atoms with E-state index >= 15 is 0 Å². The highest BCUT2D eigenvalue weighted by molar-refractivity contribution is 7.99. The van der Waals surface area contributed by atoms with Crippen LogP contribution in [-0.2, 0) is 11.3 Å². The van der Waals surface area contributed by atoms with Crippen LogP contribution in [0.1, 0.15) is 21.8 Å². The van der Waals surface area contributed by atoms with Crippen molar-refractivity contribution in [3.05, 3.63) is 39.3 Å². The van der Waals surface area contributed by atoms with Gasteiger partial charge in [-0.1, -0.05) is 11.8 Å². The number of amides is 1. The molecule has 1 amide bonds. The number of fused-ring (bicyclic) bond motifs is 1. The molecule has 0 radical (unpaired) electrons. The lowest BCUT2D eigenvalue weighted by atomic mass is 10.3. The van der Waals surface area contributed by atoms with Crippen molar-refractivity contribution in [3.8, 4) is 0 Å². The fourth-order valence-electron chi connectivity index (χ4n) is 2.40. The summed E-state index contributed by atoms with van der Waals surface area (Å²) in [5, 5.41) is 11.0. The molecule has 24 heavy (non-hydrogen) atoms. The van der Waals surface area contributed by atoms with Crippen molar-refractivity contribution >= 4 is 34.8 Å². The lowest BCUT2D eigenvalue weighted by Gasteiger charge is -2.16. The van der Waals surface area contributed by atoms with Crippen molar-refractivity contribution in [1.29, 1.82) is 0 Å². The standard InChI is InChI=1S/C16H19N5OS2/c1-10-5-6-23-13(10)8-20(4)14(22)9-24-16-19-18-15-17-11(2)7-12(3)21(15)16/h5-7H,8-9H2,1-4H3. The normalized spacial score (nSPS) is 11.2. The van der Waals surface area contributed by atoms with Gasteiger partial charge in [-0.3, -0.25) is 9.20 Å². The second-order valence-electron chi connectivity index (χ2n) is 5.72. The minimum Gasteiger partial charge on any atom is -0.340 e. The lowest BCUT2D eigenvalue weighted by Crippen LogP contribution is -2.27. The van der Waals surface area contributed by atoms with Crippen molar-refractivity contribution < 1.29 is 4.79 Å². The molecule has 0 spiro atoms. The van der Waals surface area contributed by atoms with Crippen LogP contribution in [-0.4, -0.2) is 43.2 Å². The van der Waals surface area contributed by atoms with Gasteiger partial charge in [0.1, 0.15) is 0 Å². The number of thiophene rings is 1. The predicted molar refractivity (Wildman–Crippen MR) is 96.5 cm³/mol. The number of carbonyl (C=O) groups is 1. The van der Waals surface area contributed by atoms with Gasteiger partial charge in [0.2, 0.25) is 5.91 Å². The lowest BCUT2D eigenvalue weighted by molar-refractivity contribution is -0.127. The zero-order valence-electron chi connectivity index (χ0n) is 14.1. The molecule has 0 saturated carbocycles. The first kappa shape index (κ1) is 16.9. The molecule has 0 aliphatic rings. The number of hydrogen-bond donors (Lipinski definition) is 0. The Bertz CT molecular complexity index is 886. The summed E-state index contributed by atoms with van der Waals surface area (Å²) in [4.78, 5) is 19.7. The van der Waals surface area contributed by atoms with Gasteiger partial charge >= 0.3 is 0 Å². The zero-order chi connectivity index (χ0) is 17.3. The van der Waals surface area contributed by atoms with Gasteiger partial charge < -0.3 is 4.90 Å². The smallest absolute Gasteiger partial charge is 0.256 e. The molecule has 6 nitrogen and oxygen atoms in total. The molecule has 0 aliphatic carbocycles. The number of rotatable bonds is 5. The Hall–Kier alpha value is -1.93. The van der Waals surface area contributed by atoms with E-state index in [1.54, 1.807) is 16.2 Å². The van der Waals surface area contributed by atoms with Crippen molar-refractivity contribution in [2.45, 2.75) is 32.5 Å². The summed E-state index contributed by atoms with van der Waals surface area (Å²) < 4.78 is 1.88. The first-order chi connectivity index (χ1) is 11.5. The fourth-order valence-corrected chi connectivity index (χ4v) is 4.28. The minimum absolute atomic E-state index is 0.0715. The Balaban J connectivity index is 1.67. The molecule has 0 N–H and O–H groups in total. The van der Waals surface area contributed by atoms with Gasteiger partial charge in [0.15, 0.2) is 5.16 Å². The highest BCUT2D eigenvalue weighted by atomic mass is 32.2. The molecule has 3 heterocycles. The molecule has 126 valence electrons. The van der Waals surface area contributed by atoms with Crippen molar-refractivity contribution in [1.82, 2.24) is 24.5 Å². The monoisotopic (exact) mass is 361 g/mol.